The van der Waals surface area contributed by atoms with Crippen LogP contribution in [0, 0.1) is 13.8 Å². The third kappa shape index (κ3) is 3.07. The van der Waals surface area contributed by atoms with Crippen molar-refractivity contribution in [3.05, 3.63) is 87.1 Å². The molecule has 0 radical (unpaired) electrons. The van der Waals surface area contributed by atoms with Gasteiger partial charge in [0.25, 0.3) is 5.91 Å². The van der Waals surface area contributed by atoms with Gasteiger partial charge in [0.1, 0.15) is 0 Å². The van der Waals surface area contributed by atoms with E-state index in [0.717, 1.165) is 16.0 Å². The van der Waals surface area contributed by atoms with Crippen molar-refractivity contribution >= 4 is 28.7 Å². The summed E-state index contributed by atoms with van der Waals surface area (Å²) < 4.78 is 0. The Morgan fingerprint density at radius 3 is 2.64 bits per heavy atom. The van der Waals surface area contributed by atoms with Crippen LogP contribution in [0.1, 0.15) is 38.3 Å². The number of Topliss-reactive ketones (excluding diaryl/α,β-unsaturated/α-hetero) is 1. The lowest BCUT2D eigenvalue weighted by Gasteiger charge is -2.23. The average molecular weight is 391 g/mol. The molecule has 4 rings (SSSR count). The number of rotatable bonds is 5. The number of amides is 1. The summed E-state index contributed by atoms with van der Waals surface area (Å²) in [6.45, 7) is 4.17. The van der Waals surface area contributed by atoms with E-state index in [2.05, 4.69) is 0 Å². The van der Waals surface area contributed by atoms with Crippen LogP contribution in [0.3, 0.4) is 0 Å². The first kappa shape index (κ1) is 18.6. The van der Waals surface area contributed by atoms with E-state index in [1.807, 2.05) is 61.7 Å². The predicted molar refractivity (Wildman–Crippen MR) is 111 cm³/mol. The molecule has 1 unspecified atom stereocenters. The molecule has 0 bridgehead atoms. The Bertz CT molecular complexity index is 1060. The van der Waals surface area contributed by atoms with Crippen LogP contribution in [0.4, 0.5) is 5.69 Å². The number of aryl methyl sites for hydroxylation is 2. The van der Waals surface area contributed by atoms with Gasteiger partial charge in [0.2, 0.25) is 0 Å². The number of fused-ring (bicyclic) bond motifs is 1. The first-order valence-electron chi connectivity index (χ1n) is 9.17. The summed E-state index contributed by atoms with van der Waals surface area (Å²) in [4.78, 5) is 28.9. The van der Waals surface area contributed by atoms with E-state index in [1.54, 1.807) is 28.4 Å². The number of hydrogen-bond acceptors (Lipinski definition) is 4. The molecular formula is C23H21NO3S. The monoisotopic (exact) mass is 391 g/mol. The number of carbonyl (C=O) groups is 2. The van der Waals surface area contributed by atoms with Crippen LogP contribution in [0.15, 0.2) is 60.0 Å². The molecular weight excluding hydrogens is 370 g/mol. The van der Waals surface area contributed by atoms with Crippen molar-refractivity contribution in [3.8, 4) is 0 Å². The van der Waals surface area contributed by atoms with E-state index in [0.29, 0.717) is 23.4 Å². The molecule has 4 nitrogen and oxygen atoms in total. The van der Waals surface area contributed by atoms with Gasteiger partial charge in [0, 0.05) is 16.0 Å². The summed E-state index contributed by atoms with van der Waals surface area (Å²) >= 11 is 1.56. The molecule has 0 aliphatic carbocycles. The van der Waals surface area contributed by atoms with E-state index in [1.165, 1.54) is 0 Å². The minimum absolute atomic E-state index is 0.232. The van der Waals surface area contributed by atoms with E-state index >= 15 is 0 Å². The highest BCUT2D eigenvalue weighted by Crippen LogP contribution is 2.43. The number of hydrogen-bond donors (Lipinski definition) is 1. The first-order chi connectivity index (χ1) is 13.4. The molecule has 142 valence electrons. The summed E-state index contributed by atoms with van der Waals surface area (Å²) in [6.07, 6.45) is -0.270. The van der Waals surface area contributed by atoms with Gasteiger partial charge in [-0.1, -0.05) is 42.0 Å². The largest absolute Gasteiger partial charge is 0.375 e. The van der Waals surface area contributed by atoms with Gasteiger partial charge in [-0.15, -0.1) is 11.3 Å². The fraction of sp³-hybridized carbons (Fsp3) is 0.217. The molecule has 3 aromatic rings. The Morgan fingerprint density at radius 2 is 1.89 bits per heavy atom. The lowest BCUT2D eigenvalue weighted by Crippen LogP contribution is -2.41. The smallest absolute Gasteiger partial charge is 0.264 e. The van der Waals surface area contributed by atoms with E-state index in [-0.39, 0.29) is 12.2 Å². The van der Waals surface area contributed by atoms with Crippen molar-refractivity contribution in [2.75, 3.05) is 4.90 Å². The maximum atomic E-state index is 13.3. The standard InChI is InChI=1S/C23H21NO3S/c1-15-9-10-16(2)18(12-15)21(25)13-23(27)19-7-3-4-8-20(19)24(22(23)26)14-17-6-5-11-28-17/h3-12,27H,13-14H2,1-2H3. The summed E-state index contributed by atoms with van der Waals surface area (Å²) in [7, 11) is 0. The van der Waals surface area contributed by atoms with Crippen molar-refractivity contribution in [3.63, 3.8) is 0 Å². The van der Waals surface area contributed by atoms with Gasteiger partial charge in [-0.2, -0.15) is 0 Å². The number of benzene rings is 2. The number of anilines is 1. The van der Waals surface area contributed by atoms with Crippen molar-refractivity contribution < 1.29 is 14.7 Å². The van der Waals surface area contributed by atoms with Crippen molar-refractivity contribution in [1.82, 2.24) is 0 Å². The highest BCUT2D eigenvalue weighted by atomic mass is 32.1. The van der Waals surface area contributed by atoms with Crippen LogP contribution in [0.2, 0.25) is 0 Å². The molecule has 0 saturated heterocycles. The van der Waals surface area contributed by atoms with Gasteiger partial charge in [0.15, 0.2) is 11.4 Å². The summed E-state index contributed by atoms with van der Waals surface area (Å²) in [5.41, 5.74) is 1.68. The number of thiophene rings is 1. The second kappa shape index (κ2) is 7.00. The zero-order chi connectivity index (χ0) is 19.9. The molecule has 1 aliphatic rings. The summed E-state index contributed by atoms with van der Waals surface area (Å²) in [5.74, 6) is -0.675. The molecule has 5 heteroatoms. The lowest BCUT2D eigenvalue weighted by atomic mass is 9.87. The molecule has 1 aliphatic heterocycles. The third-order valence-electron chi connectivity index (χ3n) is 5.24. The molecule has 1 aromatic heterocycles. The molecule has 1 atom stereocenters. The molecule has 2 aromatic carbocycles. The zero-order valence-electron chi connectivity index (χ0n) is 15.8. The third-order valence-corrected chi connectivity index (χ3v) is 6.10. The van der Waals surface area contributed by atoms with Gasteiger partial charge in [-0.25, -0.2) is 0 Å². The summed E-state index contributed by atoms with van der Waals surface area (Å²) in [6, 6.07) is 16.7. The fourth-order valence-electron chi connectivity index (χ4n) is 3.76. The van der Waals surface area contributed by atoms with Crippen LogP contribution in [0.5, 0.6) is 0 Å². The molecule has 1 amide bonds. The molecule has 2 heterocycles. The Balaban J connectivity index is 1.70. The topological polar surface area (TPSA) is 57.6 Å². The minimum Gasteiger partial charge on any atom is -0.375 e. The van der Waals surface area contributed by atoms with Gasteiger partial charge in [-0.3, -0.25) is 9.59 Å². The molecule has 1 N–H and O–H groups in total. The quantitative estimate of drug-likeness (QED) is 0.657. The summed E-state index contributed by atoms with van der Waals surface area (Å²) in [5, 5.41) is 13.4. The molecule has 0 saturated carbocycles. The van der Waals surface area contributed by atoms with Gasteiger partial charge in [0.05, 0.1) is 18.7 Å². The number of ketones is 1. The Morgan fingerprint density at radius 1 is 1.11 bits per heavy atom. The normalized spacial score (nSPS) is 18.4. The number of para-hydroxylation sites is 1. The van der Waals surface area contributed by atoms with Gasteiger partial charge < -0.3 is 10.0 Å². The van der Waals surface area contributed by atoms with E-state index in [9.17, 15) is 14.7 Å². The van der Waals surface area contributed by atoms with Crippen LogP contribution in [-0.4, -0.2) is 16.8 Å². The van der Waals surface area contributed by atoms with Crippen molar-refractivity contribution in [1.29, 1.82) is 0 Å². The van der Waals surface area contributed by atoms with Crippen molar-refractivity contribution in [2.24, 2.45) is 0 Å². The maximum Gasteiger partial charge on any atom is 0.264 e. The highest BCUT2D eigenvalue weighted by molar-refractivity contribution is 7.09. The number of nitrogens with zero attached hydrogens (tertiary/aromatic N) is 1. The van der Waals surface area contributed by atoms with E-state index in [4.69, 9.17) is 0 Å². The SMILES string of the molecule is Cc1ccc(C)c(C(=O)CC2(O)C(=O)N(Cc3cccs3)c3ccccc32)c1. The molecule has 0 spiro atoms. The predicted octanol–water partition coefficient (Wildman–Crippen LogP) is 4.37. The van der Waals surface area contributed by atoms with Crippen LogP contribution in [0.25, 0.3) is 0 Å². The van der Waals surface area contributed by atoms with Crippen LogP contribution in [-0.2, 0) is 16.9 Å². The van der Waals surface area contributed by atoms with Crippen LogP contribution >= 0.6 is 11.3 Å². The van der Waals surface area contributed by atoms with Crippen molar-refractivity contribution in [2.45, 2.75) is 32.4 Å². The number of carbonyl (C=O) groups excluding carboxylic acids is 2. The first-order valence-corrected chi connectivity index (χ1v) is 10.0. The minimum atomic E-state index is -1.85. The van der Waals surface area contributed by atoms with Gasteiger partial charge >= 0.3 is 0 Å². The fourth-order valence-corrected chi connectivity index (χ4v) is 4.45. The van der Waals surface area contributed by atoms with E-state index < -0.39 is 11.5 Å². The lowest BCUT2D eigenvalue weighted by molar-refractivity contribution is -0.136. The average Bonchev–Trinajstić information content (AvgIpc) is 3.26. The highest BCUT2D eigenvalue weighted by Gasteiger charge is 2.50. The molecule has 0 fully saturated rings. The second-order valence-electron chi connectivity index (χ2n) is 7.27. The van der Waals surface area contributed by atoms with Gasteiger partial charge in [-0.05, 0) is 43.0 Å². The zero-order valence-corrected chi connectivity index (χ0v) is 16.6. The Kier molecular flexibility index (Phi) is 4.65. The Labute approximate surface area is 168 Å². The molecule has 28 heavy (non-hydrogen) atoms. The van der Waals surface area contributed by atoms with Crippen LogP contribution < -0.4 is 4.90 Å². The number of aliphatic hydroxyl groups is 1. The maximum absolute atomic E-state index is 13.3. The second-order valence-corrected chi connectivity index (χ2v) is 8.30. The Hall–Kier alpha value is -2.76.